The molecular weight excluding hydrogens is 306 g/mol. The zero-order valence-corrected chi connectivity index (χ0v) is 12.4. The quantitative estimate of drug-likeness (QED) is 0.845. The summed E-state index contributed by atoms with van der Waals surface area (Å²) in [6, 6.07) is 6.47. The Morgan fingerprint density at radius 1 is 1.37 bits per heavy atom. The summed E-state index contributed by atoms with van der Waals surface area (Å²) >= 11 is 3.43. The zero-order chi connectivity index (χ0) is 13.4. The highest BCUT2D eigenvalue weighted by Crippen LogP contribution is 2.25. The van der Waals surface area contributed by atoms with Crippen molar-refractivity contribution in [3.05, 3.63) is 28.2 Å². The van der Waals surface area contributed by atoms with Gasteiger partial charge in [-0.25, -0.2) is 0 Å². The number of amides is 1. The van der Waals surface area contributed by atoms with Gasteiger partial charge < -0.3 is 10.6 Å². The van der Waals surface area contributed by atoms with E-state index in [-0.39, 0.29) is 0 Å². The average Bonchev–Trinajstić information content (AvgIpc) is 2.74. The van der Waals surface area contributed by atoms with Crippen molar-refractivity contribution in [3.63, 3.8) is 0 Å². The third kappa shape index (κ3) is 2.62. The molecule has 1 aromatic carbocycles. The van der Waals surface area contributed by atoms with E-state index in [4.69, 9.17) is 5.73 Å². The van der Waals surface area contributed by atoms with Gasteiger partial charge in [0.05, 0.1) is 0 Å². The van der Waals surface area contributed by atoms with Crippen LogP contribution in [-0.4, -0.2) is 41.4 Å². The number of halogens is 1. The number of hydrogen-bond acceptors (Lipinski definition) is 3. The summed E-state index contributed by atoms with van der Waals surface area (Å²) < 4.78 is 1.01. The van der Waals surface area contributed by atoms with E-state index in [1.807, 2.05) is 17.0 Å². The second-order valence-corrected chi connectivity index (χ2v) is 6.27. The molecule has 0 bridgehead atoms. The summed E-state index contributed by atoms with van der Waals surface area (Å²) in [5.74, 6) is 0.327. The molecule has 1 amide bonds. The molecule has 2 saturated heterocycles. The van der Waals surface area contributed by atoms with E-state index in [2.05, 4.69) is 26.9 Å². The fourth-order valence-corrected chi connectivity index (χ4v) is 3.40. The van der Waals surface area contributed by atoms with Gasteiger partial charge in [0.15, 0.2) is 0 Å². The smallest absolute Gasteiger partial charge is 0.222 e. The van der Waals surface area contributed by atoms with Gasteiger partial charge in [-0.3, -0.25) is 9.69 Å². The van der Waals surface area contributed by atoms with Crippen LogP contribution in [0.25, 0.3) is 0 Å². The number of anilines is 1. The van der Waals surface area contributed by atoms with Gasteiger partial charge in [-0.05, 0) is 24.1 Å². The van der Waals surface area contributed by atoms with Crippen LogP contribution in [0.15, 0.2) is 22.7 Å². The lowest BCUT2D eigenvalue weighted by molar-refractivity contribution is -0.130. The first-order chi connectivity index (χ1) is 9.13. The molecular formula is C14H18BrN3O. The fraction of sp³-hybridized carbons (Fsp3) is 0.500. The Bertz CT molecular complexity index is 505. The first-order valence-corrected chi connectivity index (χ1v) is 7.48. The Morgan fingerprint density at radius 2 is 2.21 bits per heavy atom. The van der Waals surface area contributed by atoms with Crippen molar-refractivity contribution in [2.75, 3.05) is 25.4 Å². The number of nitrogen functional groups attached to an aromatic ring is 1. The van der Waals surface area contributed by atoms with Crippen molar-refractivity contribution >= 4 is 27.5 Å². The molecule has 2 heterocycles. The number of benzene rings is 1. The number of nitrogens with two attached hydrogens (primary N) is 1. The lowest BCUT2D eigenvalue weighted by Gasteiger charge is -2.37. The average molecular weight is 324 g/mol. The van der Waals surface area contributed by atoms with Gasteiger partial charge in [0.1, 0.15) is 0 Å². The zero-order valence-electron chi connectivity index (χ0n) is 10.8. The largest absolute Gasteiger partial charge is 0.398 e. The van der Waals surface area contributed by atoms with Crippen molar-refractivity contribution in [2.45, 2.75) is 25.4 Å². The van der Waals surface area contributed by atoms with Gasteiger partial charge in [0.25, 0.3) is 0 Å². The minimum atomic E-state index is 0.327. The standard InChI is InChI=1S/C14H18BrN3O/c15-11-2-1-10(13(16)7-11)8-17-5-6-18-12(9-17)3-4-14(18)19/h1-2,7,12H,3-6,8-9,16H2. The first-order valence-electron chi connectivity index (χ1n) is 6.69. The van der Waals surface area contributed by atoms with Crippen LogP contribution in [0.4, 0.5) is 5.69 Å². The Hall–Kier alpha value is -1.07. The lowest BCUT2D eigenvalue weighted by atomic mass is 10.1. The summed E-state index contributed by atoms with van der Waals surface area (Å²) in [6.07, 6.45) is 1.73. The van der Waals surface area contributed by atoms with Crippen LogP contribution in [-0.2, 0) is 11.3 Å². The third-order valence-electron chi connectivity index (χ3n) is 4.08. The second kappa shape index (κ2) is 5.13. The minimum Gasteiger partial charge on any atom is -0.398 e. The van der Waals surface area contributed by atoms with E-state index in [9.17, 15) is 4.79 Å². The first kappa shape index (κ1) is 12.9. The number of hydrogen-bond donors (Lipinski definition) is 1. The van der Waals surface area contributed by atoms with E-state index in [1.165, 1.54) is 5.56 Å². The van der Waals surface area contributed by atoms with E-state index >= 15 is 0 Å². The van der Waals surface area contributed by atoms with E-state index in [1.54, 1.807) is 0 Å². The van der Waals surface area contributed by atoms with Gasteiger partial charge in [0, 0.05) is 48.8 Å². The van der Waals surface area contributed by atoms with Crippen LogP contribution in [0.3, 0.4) is 0 Å². The van der Waals surface area contributed by atoms with Crippen molar-refractivity contribution in [1.82, 2.24) is 9.80 Å². The van der Waals surface area contributed by atoms with Crippen LogP contribution in [0.2, 0.25) is 0 Å². The molecule has 1 aromatic rings. The Kier molecular flexibility index (Phi) is 3.50. The molecule has 2 N–H and O–H groups in total. The highest BCUT2D eigenvalue weighted by molar-refractivity contribution is 9.10. The maximum atomic E-state index is 11.6. The number of nitrogens with zero attached hydrogens (tertiary/aromatic N) is 2. The predicted octanol–water partition coefficient (Wildman–Crippen LogP) is 1.84. The van der Waals surface area contributed by atoms with Gasteiger partial charge in [-0.1, -0.05) is 22.0 Å². The fourth-order valence-electron chi connectivity index (χ4n) is 3.02. The molecule has 5 heteroatoms. The van der Waals surface area contributed by atoms with Crippen molar-refractivity contribution in [2.24, 2.45) is 0 Å². The summed E-state index contributed by atoms with van der Waals surface area (Å²) in [5, 5.41) is 0. The molecule has 2 aliphatic heterocycles. The molecule has 102 valence electrons. The monoisotopic (exact) mass is 323 g/mol. The predicted molar refractivity (Wildman–Crippen MR) is 78.6 cm³/mol. The van der Waals surface area contributed by atoms with Crippen LogP contribution in [0.5, 0.6) is 0 Å². The number of piperazine rings is 1. The highest BCUT2D eigenvalue weighted by Gasteiger charge is 2.35. The Labute approximate surface area is 121 Å². The summed E-state index contributed by atoms with van der Waals surface area (Å²) in [4.78, 5) is 16.1. The van der Waals surface area contributed by atoms with Crippen molar-refractivity contribution in [3.8, 4) is 0 Å². The summed E-state index contributed by atoms with van der Waals surface area (Å²) in [7, 11) is 0. The normalized spacial score (nSPS) is 23.7. The maximum Gasteiger partial charge on any atom is 0.222 e. The van der Waals surface area contributed by atoms with E-state index in [0.717, 1.165) is 49.2 Å². The molecule has 2 aliphatic rings. The number of rotatable bonds is 2. The van der Waals surface area contributed by atoms with Crippen LogP contribution in [0, 0.1) is 0 Å². The van der Waals surface area contributed by atoms with Crippen LogP contribution < -0.4 is 5.73 Å². The number of carbonyl (C=O) groups excluding carboxylic acids is 1. The van der Waals surface area contributed by atoms with E-state index < -0.39 is 0 Å². The molecule has 0 spiro atoms. The van der Waals surface area contributed by atoms with Crippen molar-refractivity contribution in [1.29, 1.82) is 0 Å². The summed E-state index contributed by atoms with van der Waals surface area (Å²) in [6.45, 7) is 3.65. The third-order valence-corrected chi connectivity index (χ3v) is 4.57. The maximum absolute atomic E-state index is 11.6. The highest BCUT2D eigenvalue weighted by atomic mass is 79.9. The molecule has 2 fully saturated rings. The molecule has 0 aromatic heterocycles. The molecule has 1 atom stereocenters. The SMILES string of the molecule is Nc1cc(Br)ccc1CN1CCN2C(=O)CCC2C1. The van der Waals surface area contributed by atoms with Gasteiger partial charge in [0.2, 0.25) is 5.91 Å². The van der Waals surface area contributed by atoms with Gasteiger partial charge in [-0.15, -0.1) is 0 Å². The van der Waals surface area contributed by atoms with Gasteiger partial charge in [-0.2, -0.15) is 0 Å². The van der Waals surface area contributed by atoms with Crippen LogP contribution >= 0.6 is 15.9 Å². The molecule has 4 nitrogen and oxygen atoms in total. The minimum absolute atomic E-state index is 0.327. The molecule has 1 unspecified atom stereocenters. The second-order valence-electron chi connectivity index (χ2n) is 5.36. The number of fused-ring (bicyclic) bond motifs is 1. The Balaban J connectivity index is 1.66. The lowest BCUT2D eigenvalue weighted by Crippen LogP contribution is -2.50. The Morgan fingerprint density at radius 3 is 3.00 bits per heavy atom. The molecule has 3 rings (SSSR count). The summed E-state index contributed by atoms with van der Waals surface area (Å²) in [5.41, 5.74) is 8.05. The van der Waals surface area contributed by atoms with Crippen LogP contribution in [0.1, 0.15) is 18.4 Å². The van der Waals surface area contributed by atoms with Gasteiger partial charge >= 0.3 is 0 Å². The topological polar surface area (TPSA) is 49.6 Å². The number of carbonyl (C=O) groups is 1. The molecule has 19 heavy (non-hydrogen) atoms. The molecule has 0 radical (unpaired) electrons. The molecule has 0 saturated carbocycles. The molecule has 0 aliphatic carbocycles. The van der Waals surface area contributed by atoms with E-state index in [0.29, 0.717) is 11.9 Å². The van der Waals surface area contributed by atoms with Crippen molar-refractivity contribution < 1.29 is 4.79 Å².